The van der Waals surface area contributed by atoms with Crippen molar-refractivity contribution in [2.24, 2.45) is 5.92 Å². The van der Waals surface area contributed by atoms with E-state index in [4.69, 9.17) is 5.73 Å². The Bertz CT molecular complexity index is 319. The van der Waals surface area contributed by atoms with Gasteiger partial charge in [0, 0.05) is 6.54 Å². The summed E-state index contributed by atoms with van der Waals surface area (Å²) in [6.45, 7) is 0.788. The summed E-state index contributed by atoms with van der Waals surface area (Å²) in [7, 11) is 0. The molecule has 0 bridgehead atoms. The van der Waals surface area contributed by atoms with Crippen LogP contribution in [0.4, 0.5) is 5.13 Å². The van der Waals surface area contributed by atoms with Gasteiger partial charge in [-0.15, -0.1) is 0 Å². The van der Waals surface area contributed by atoms with Crippen LogP contribution in [-0.2, 0) is 0 Å². The van der Waals surface area contributed by atoms with E-state index >= 15 is 0 Å². The molecule has 0 radical (unpaired) electrons. The molecule has 1 aliphatic rings. The molecule has 1 aromatic heterocycles. The lowest BCUT2D eigenvalue weighted by Gasteiger charge is -1.99. The summed E-state index contributed by atoms with van der Waals surface area (Å²) in [5.41, 5.74) is 5.41. The van der Waals surface area contributed by atoms with Crippen LogP contribution in [-0.4, -0.2) is 17.4 Å². The number of carbonyl (C=O) groups is 1. The summed E-state index contributed by atoms with van der Waals surface area (Å²) in [5.74, 6) is 0.648. The molecule has 0 aliphatic heterocycles. The maximum Gasteiger partial charge on any atom is 0.263 e. The molecule has 0 aromatic carbocycles. The molecule has 0 spiro atoms. The van der Waals surface area contributed by atoms with Gasteiger partial charge in [0.2, 0.25) is 0 Å². The fourth-order valence-electron chi connectivity index (χ4n) is 1.04. The normalized spacial score (nSPS) is 15.7. The molecule has 1 saturated carbocycles. The number of hydrogen-bond acceptors (Lipinski definition) is 4. The second kappa shape index (κ2) is 3.33. The van der Waals surface area contributed by atoms with E-state index in [9.17, 15) is 4.79 Å². The number of rotatable bonds is 3. The van der Waals surface area contributed by atoms with Crippen LogP contribution in [0.25, 0.3) is 0 Å². The number of nitrogens with zero attached hydrogens (tertiary/aromatic N) is 1. The molecular weight excluding hydrogens is 186 g/mol. The van der Waals surface area contributed by atoms with Crippen molar-refractivity contribution >= 4 is 22.4 Å². The first-order chi connectivity index (χ1) is 6.25. The molecule has 2 rings (SSSR count). The smallest absolute Gasteiger partial charge is 0.263 e. The summed E-state index contributed by atoms with van der Waals surface area (Å²) < 4.78 is 0. The fraction of sp³-hybridized carbons (Fsp3) is 0.500. The minimum Gasteiger partial charge on any atom is -0.375 e. The zero-order valence-electron chi connectivity index (χ0n) is 7.12. The Labute approximate surface area is 80.2 Å². The van der Waals surface area contributed by atoms with Gasteiger partial charge < -0.3 is 11.1 Å². The Morgan fingerprint density at radius 3 is 3.08 bits per heavy atom. The average molecular weight is 197 g/mol. The molecule has 1 aromatic rings. The van der Waals surface area contributed by atoms with Crippen molar-refractivity contribution in [3.05, 3.63) is 11.1 Å². The van der Waals surface area contributed by atoms with Gasteiger partial charge in [0.1, 0.15) is 4.88 Å². The van der Waals surface area contributed by atoms with Crippen LogP contribution in [0.2, 0.25) is 0 Å². The molecule has 1 fully saturated rings. The van der Waals surface area contributed by atoms with Gasteiger partial charge >= 0.3 is 0 Å². The zero-order chi connectivity index (χ0) is 9.26. The number of aromatic nitrogens is 1. The van der Waals surface area contributed by atoms with Crippen LogP contribution in [0.15, 0.2) is 6.20 Å². The van der Waals surface area contributed by atoms with Crippen LogP contribution >= 0.6 is 11.3 Å². The second-order valence-electron chi connectivity index (χ2n) is 3.22. The third kappa shape index (κ3) is 2.18. The quantitative estimate of drug-likeness (QED) is 0.755. The summed E-state index contributed by atoms with van der Waals surface area (Å²) in [6, 6.07) is 0. The van der Waals surface area contributed by atoms with E-state index in [2.05, 4.69) is 10.3 Å². The lowest BCUT2D eigenvalue weighted by molar-refractivity contribution is 0.0955. The maximum absolute atomic E-state index is 11.4. The molecule has 5 heteroatoms. The Hall–Kier alpha value is -1.10. The van der Waals surface area contributed by atoms with Crippen LogP contribution in [0.1, 0.15) is 22.5 Å². The second-order valence-corrected chi connectivity index (χ2v) is 4.28. The van der Waals surface area contributed by atoms with E-state index in [1.54, 1.807) is 0 Å². The molecule has 1 aliphatic carbocycles. The predicted molar refractivity (Wildman–Crippen MR) is 51.6 cm³/mol. The van der Waals surface area contributed by atoms with E-state index in [1.807, 2.05) is 0 Å². The van der Waals surface area contributed by atoms with Crippen LogP contribution in [0.3, 0.4) is 0 Å². The molecule has 1 heterocycles. The number of carbonyl (C=O) groups excluding carboxylic acids is 1. The van der Waals surface area contributed by atoms with Gasteiger partial charge in [-0.05, 0) is 18.8 Å². The van der Waals surface area contributed by atoms with Crippen molar-refractivity contribution < 1.29 is 4.79 Å². The highest BCUT2D eigenvalue weighted by atomic mass is 32.1. The number of nitrogens with one attached hydrogen (secondary N) is 1. The van der Waals surface area contributed by atoms with Crippen molar-refractivity contribution in [2.75, 3.05) is 12.3 Å². The molecule has 13 heavy (non-hydrogen) atoms. The Morgan fingerprint density at radius 1 is 1.77 bits per heavy atom. The van der Waals surface area contributed by atoms with E-state index in [0.29, 0.717) is 15.9 Å². The van der Waals surface area contributed by atoms with Gasteiger partial charge in [-0.2, -0.15) is 0 Å². The summed E-state index contributed by atoms with van der Waals surface area (Å²) >= 11 is 1.22. The highest BCUT2D eigenvalue weighted by molar-refractivity contribution is 7.17. The third-order valence-electron chi connectivity index (χ3n) is 2.00. The summed E-state index contributed by atoms with van der Waals surface area (Å²) in [6.07, 6.45) is 4.00. The molecule has 0 unspecified atom stereocenters. The van der Waals surface area contributed by atoms with Crippen LogP contribution < -0.4 is 11.1 Å². The van der Waals surface area contributed by atoms with Gasteiger partial charge in [-0.1, -0.05) is 11.3 Å². The van der Waals surface area contributed by atoms with Gasteiger partial charge in [0.05, 0.1) is 6.20 Å². The topological polar surface area (TPSA) is 68.0 Å². The SMILES string of the molecule is Nc1ncc(C(=O)NCC2CC2)s1. The van der Waals surface area contributed by atoms with Gasteiger partial charge in [0.15, 0.2) is 5.13 Å². The Balaban J connectivity index is 1.88. The molecule has 0 saturated heterocycles. The minimum atomic E-state index is -0.0545. The fourth-order valence-corrected chi connectivity index (χ4v) is 1.64. The molecule has 0 atom stereocenters. The monoisotopic (exact) mass is 197 g/mol. The van der Waals surface area contributed by atoms with Crippen molar-refractivity contribution in [3.8, 4) is 0 Å². The molecule has 1 amide bonds. The average Bonchev–Trinajstić information content (AvgIpc) is 2.84. The largest absolute Gasteiger partial charge is 0.375 e. The van der Waals surface area contributed by atoms with Gasteiger partial charge in [-0.25, -0.2) is 4.98 Å². The third-order valence-corrected chi connectivity index (χ3v) is 2.82. The first-order valence-corrected chi connectivity index (χ1v) is 5.07. The van der Waals surface area contributed by atoms with Crippen LogP contribution in [0, 0.1) is 5.92 Å². The van der Waals surface area contributed by atoms with E-state index in [0.717, 1.165) is 6.54 Å². The van der Waals surface area contributed by atoms with E-state index in [-0.39, 0.29) is 5.91 Å². The Kier molecular flexibility index (Phi) is 2.18. The maximum atomic E-state index is 11.4. The molecule has 4 nitrogen and oxygen atoms in total. The highest BCUT2D eigenvalue weighted by Gasteiger charge is 2.22. The van der Waals surface area contributed by atoms with E-state index in [1.165, 1.54) is 30.4 Å². The standard InChI is InChI=1S/C8H11N3OS/c9-8-11-4-6(13-8)7(12)10-3-5-1-2-5/h4-5H,1-3H2,(H2,9,11)(H,10,12). The predicted octanol–water partition coefficient (Wildman–Crippen LogP) is 0.865. The van der Waals surface area contributed by atoms with Gasteiger partial charge in [-0.3, -0.25) is 4.79 Å². The van der Waals surface area contributed by atoms with Crippen LogP contribution in [0.5, 0.6) is 0 Å². The van der Waals surface area contributed by atoms with Crippen molar-refractivity contribution in [2.45, 2.75) is 12.8 Å². The minimum absolute atomic E-state index is 0.0545. The number of anilines is 1. The Morgan fingerprint density at radius 2 is 2.54 bits per heavy atom. The van der Waals surface area contributed by atoms with Crippen molar-refractivity contribution in [1.82, 2.24) is 10.3 Å². The first kappa shape index (κ1) is 8.50. The number of hydrogen-bond donors (Lipinski definition) is 2. The number of nitrogen functional groups attached to an aromatic ring is 1. The highest BCUT2D eigenvalue weighted by Crippen LogP contribution is 2.27. The number of thiazole rings is 1. The van der Waals surface area contributed by atoms with Crippen molar-refractivity contribution in [1.29, 1.82) is 0 Å². The summed E-state index contributed by atoms with van der Waals surface area (Å²) in [5, 5.41) is 3.29. The van der Waals surface area contributed by atoms with Gasteiger partial charge in [0.25, 0.3) is 5.91 Å². The lowest BCUT2D eigenvalue weighted by atomic mass is 10.4. The lowest BCUT2D eigenvalue weighted by Crippen LogP contribution is -2.24. The number of amides is 1. The summed E-state index contributed by atoms with van der Waals surface area (Å²) in [4.78, 5) is 15.8. The first-order valence-electron chi connectivity index (χ1n) is 4.25. The molecule has 70 valence electrons. The molecular formula is C8H11N3OS. The molecule has 3 N–H and O–H groups in total. The van der Waals surface area contributed by atoms with E-state index < -0.39 is 0 Å². The number of nitrogens with two attached hydrogens (primary N) is 1. The zero-order valence-corrected chi connectivity index (χ0v) is 7.93. The van der Waals surface area contributed by atoms with Crippen molar-refractivity contribution in [3.63, 3.8) is 0 Å².